The molecule has 0 bridgehead atoms. The van der Waals surface area contributed by atoms with Crippen molar-refractivity contribution in [3.05, 3.63) is 58.5 Å². The third-order valence-electron chi connectivity index (χ3n) is 5.30. The van der Waals surface area contributed by atoms with Crippen LogP contribution in [0.3, 0.4) is 0 Å². The van der Waals surface area contributed by atoms with E-state index in [-0.39, 0.29) is 17.5 Å². The quantitative estimate of drug-likeness (QED) is 0.366. The van der Waals surface area contributed by atoms with Crippen LogP contribution in [0.2, 0.25) is 10.2 Å². The molecule has 1 aliphatic heterocycles. The van der Waals surface area contributed by atoms with Crippen molar-refractivity contribution >= 4 is 46.5 Å². The third kappa shape index (κ3) is 6.12. The van der Waals surface area contributed by atoms with Crippen LogP contribution >= 0.6 is 23.2 Å². The summed E-state index contributed by atoms with van der Waals surface area (Å²) in [6, 6.07) is 11.3. The molecule has 3 aromatic rings. The van der Waals surface area contributed by atoms with Crippen LogP contribution < -0.4 is 4.74 Å². The molecule has 0 saturated carbocycles. The fraction of sp³-hybridized carbons (Fsp3) is 0.292. The lowest BCUT2D eigenvalue weighted by Crippen LogP contribution is -2.43. The summed E-state index contributed by atoms with van der Waals surface area (Å²) >= 11 is 12.5. The van der Waals surface area contributed by atoms with Crippen molar-refractivity contribution in [1.29, 1.82) is 0 Å². The number of likely N-dealkylation sites (tertiary alicyclic amines) is 1. The average molecular weight is 493 g/mol. The predicted molar refractivity (Wildman–Crippen MR) is 126 cm³/mol. The number of ether oxygens (including phenoxy) is 1. The summed E-state index contributed by atoms with van der Waals surface area (Å²) in [7, 11) is 0. The van der Waals surface area contributed by atoms with E-state index >= 15 is 0 Å². The van der Waals surface area contributed by atoms with Gasteiger partial charge in [0.1, 0.15) is 16.7 Å². The van der Waals surface area contributed by atoms with Gasteiger partial charge in [-0.05, 0) is 68.1 Å². The van der Waals surface area contributed by atoms with Crippen molar-refractivity contribution in [2.75, 3.05) is 13.1 Å². The number of nitrogens with zero attached hydrogens (tertiary/aromatic N) is 2. The highest BCUT2D eigenvalue weighted by atomic mass is 35.5. The van der Waals surface area contributed by atoms with Gasteiger partial charge in [0, 0.05) is 30.1 Å². The first-order valence-electron chi connectivity index (χ1n) is 10.4. The summed E-state index contributed by atoms with van der Waals surface area (Å²) in [4.78, 5) is 27.2. The highest BCUT2D eigenvalue weighted by Gasteiger charge is 2.23. The Labute approximate surface area is 200 Å². The second kappa shape index (κ2) is 11.3. The number of amides is 1. The number of rotatable bonds is 4. The van der Waals surface area contributed by atoms with Gasteiger partial charge in [0.15, 0.2) is 6.10 Å². The molecule has 1 saturated heterocycles. The molecule has 1 aliphatic rings. The molecule has 9 heteroatoms. The largest absolute Gasteiger partial charge is 0.483 e. The molecular formula is C24H23Cl2FN2O4. The van der Waals surface area contributed by atoms with Gasteiger partial charge in [0.25, 0.3) is 12.4 Å². The van der Waals surface area contributed by atoms with Crippen molar-refractivity contribution in [3.63, 3.8) is 0 Å². The highest BCUT2D eigenvalue weighted by Crippen LogP contribution is 2.36. The lowest BCUT2D eigenvalue weighted by atomic mass is 10.0. The van der Waals surface area contributed by atoms with E-state index in [2.05, 4.69) is 4.98 Å². The van der Waals surface area contributed by atoms with Crippen LogP contribution in [-0.4, -0.2) is 46.6 Å². The summed E-state index contributed by atoms with van der Waals surface area (Å²) in [5.74, 6) is 0.121. The van der Waals surface area contributed by atoms with Gasteiger partial charge in [0.2, 0.25) is 0 Å². The van der Waals surface area contributed by atoms with Gasteiger partial charge in [-0.3, -0.25) is 9.59 Å². The van der Waals surface area contributed by atoms with E-state index < -0.39 is 11.9 Å². The molecular weight excluding hydrogens is 470 g/mol. The molecule has 1 N–H and O–H groups in total. The molecule has 0 radical (unpaired) electrons. The van der Waals surface area contributed by atoms with Crippen molar-refractivity contribution < 1.29 is 23.8 Å². The number of aromatic nitrogens is 1. The molecule has 0 spiro atoms. The first kappa shape index (κ1) is 24.7. The zero-order valence-corrected chi connectivity index (χ0v) is 19.4. The number of hydrogen-bond donors (Lipinski definition) is 1. The minimum absolute atomic E-state index is 0.00682. The summed E-state index contributed by atoms with van der Waals surface area (Å²) in [6.07, 6.45) is 2.64. The molecule has 174 valence electrons. The molecule has 1 unspecified atom stereocenters. The summed E-state index contributed by atoms with van der Waals surface area (Å²) < 4.78 is 19.4. The molecule has 2 heterocycles. The van der Waals surface area contributed by atoms with Crippen LogP contribution in [-0.2, 0) is 9.59 Å². The minimum Gasteiger partial charge on any atom is -0.483 e. The number of pyridine rings is 1. The Morgan fingerprint density at radius 3 is 2.48 bits per heavy atom. The number of halogens is 3. The van der Waals surface area contributed by atoms with Crippen molar-refractivity contribution in [1.82, 2.24) is 9.88 Å². The van der Waals surface area contributed by atoms with Crippen LogP contribution in [0.4, 0.5) is 4.39 Å². The van der Waals surface area contributed by atoms with Gasteiger partial charge in [-0.25, -0.2) is 9.37 Å². The maximum Gasteiger partial charge on any atom is 0.290 e. The topological polar surface area (TPSA) is 79.7 Å². The van der Waals surface area contributed by atoms with Crippen LogP contribution in [0.1, 0.15) is 26.2 Å². The van der Waals surface area contributed by atoms with E-state index in [9.17, 15) is 9.18 Å². The lowest BCUT2D eigenvalue weighted by Gasteiger charge is -2.29. The molecule has 4 rings (SSSR count). The van der Waals surface area contributed by atoms with E-state index in [0.29, 0.717) is 21.9 Å². The summed E-state index contributed by atoms with van der Waals surface area (Å²) in [6.45, 7) is 3.07. The number of carboxylic acid groups (broad SMARTS) is 1. The minimum atomic E-state index is -0.592. The highest BCUT2D eigenvalue weighted by molar-refractivity contribution is 6.34. The second-order valence-electron chi connectivity index (χ2n) is 7.55. The van der Waals surface area contributed by atoms with Crippen LogP contribution in [0.25, 0.3) is 22.0 Å². The van der Waals surface area contributed by atoms with Gasteiger partial charge >= 0.3 is 0 Å². The Kier molecular flexibility index (Phi) is 8.47. The van der Waals surface area contributed by atoms with Gasteiger partial charge in [0.05, 0.1) is 10.5 Å². The fourth-order valence-electron chi connectivity index (χ4n) is 3.81. The first-order valence-corrected chi connectivity index (χ1v) is 11.2. The number of hydrogen-bond acceptors (Lipinski definition) is 4. The monoisotopic (exact) mass is 492 g/mol. The van der Waals surface area contributed by atoms with Crippen LogP contribution in [0.15, 0.2) is 42.5 Å². The predicted octanol–water partition coefficient (Wildman–Crippen LogP) is 5.83. The van der Waals surface area contributed by atoms with Crippen molar-refractivity contribution in [2.24, 2.45) is 0 Å². The molecule has 1 atom stereocenters. The van der Waals surface area contributed by atoms with Gasteiger partial charge in [-0.15, -0.1) is 0 Å². The maximum absolute atomic E-state index is 13.5. The van der Waals surface area contributed by atoms with Crippen LogP contribution in [0, 0.1) is 5.82 Å². The molecule has 33 heavy (non-hydrogen) atoms. The Balaban J connectivity index is 0.000000968. The molecule has 2 aromatic carbocycles. The molecule has 1 amide bonds. The molecule has 0 aliphatic carbocycles. The maximum atomic E-state index is 13.5. The zero-order valence-electron chi connectivity index (χ0n) is 17.9. The van der Waals surface area contributed by atoms with Crippen molar-refractivity contribution in [3.8, 4) is 16.9 Å². The second-order valence-corrected chi connectivity index (χ2v) is 8.34. The zero-order chi connectivity index (χ0) is 24.0. The number of carbonyl (C=O) groups excluding carboxylic acids is 1. The molecule has 1 aromatic heterocycles. The molecule has 6 nitrogen and oxygen atoms in total. The molecule has 1 fully saturated rings. The van der Waals surface area contributed by atoms with E-state index in [1.165, 1.54) is 12.1 Å². The Morgan fingerprint density at radius 2 is 1.82 bits per heavy atom. The summed E-state index contributed by atoms with van der Waals surface area (Å²) in [5.41, 5.74) is 2.02. The van der Waals surface area contributed by atoms with E-state index in [4.69, 9.17) is 37.8 Å². The average Bonchev–Trinajstić information content (AvgIpc) is 2.79. The van der Waals surface area contributed by atoms with Gasteiger partial charge in [-0.2, -0.15) is 0 Å². The SMILES string of the molecule is CC(Oc1ccc2c(-c3ccc(F)cc3Cl)cc(Cl)nc2c1)C(=O)N1CCCCC1.O=CO. The number of carbonyl (C=O) groups is 2. The van der Waals surface area contributed by atoms with Crippen LogP contribution in [0.5, 0.6) is 5.75 Å². The number of fused-ring (bicyclic) bond motifs is 1. The normalized spacial score (nSPS) is 14.2. The first-order chi connectivity index (χ1) is 15.8. The Hall–Kier alpha value is -2.90. The Morgan fingerprint density at radius 1 is 1.12 bits per heavy atom. The van der Waals surface area contributed by atoms with E-state index in [1.54, 1.807) is 31.2 Å². The third-order valence-corrected chi connectivity index (χ3v) is 5.81. The summed E-state index contributed by atoms with van der Waals surface area (Å²) in [5, 5.41) is 8.27. The van der Waals surface area contributed by atoms with E-state index in [0.717, 1.165) is 43.3 Å². The van der Waals surface area contributed by atoms with Gasteiger partial charge in [-0.1, -0.05) is 23.2 Å². The van der Waals surface area contributed by atoms with E-state index in [1.807, 2.05) is 11.0 Å². The standard InChI is InChI=1S/C23H21Cl2FN2O2.CH2O2/c1-14(23(29)28-9-3-2-4-10-28)30-16-6-8-18-19(13-22(25)27-21(18)12-16)17-7-5-15(26)11-20(17)24;2-1-3/h5-8,11-14H,2-4,9-10H2,1H3;1H,(H,2,3). The van der Waals surface area contributed by atoms with Crippen molar-refractivity contribution in [2.45, 2.75) is 32.3 Å². The lowest BCUT2D eigenvalue weighted by molar-refractivity contribution is -0.138. The number of benzene rings is 2. The number of piperidine rings is 1. The fourth-order valence-corrected chi connectivity index (χ4v) is 4.28. The Bertz CT molecular complexity index is 1150. The van der Waals surface area contributed by atoms with Gasteiger partial charge < -0.3 is 14.7 Å². The smallest absolute Gasteiger partial charge is 0.290 e.